The SMILES string of the molecule is COc1cccc(CN2CCC(N3C[C@H](OC)[C@@H]3c3ccncc3)CC2)c1OC. The first-order valence-electron chi connectivity index (χ1n) is 10.4. The second-order valence-corrected chi connectivity index (χ2v) is 7.86. The Kier molecular flexibility index (Phi) is 6.33. The normalized spacial score (nSPS) is 23.6. The van der Waals surface area contributed by atoms with Crippen molar-refractivity contribution in [3.8, 4) is 11.5 Å². The molecule has 2 aliphatic rings. The summed E-state index contributed by atoms with van der Waals surface area (Å²) in [4.78, 5) is 9.30. The van der Waals surface area contributed by atoms with Crippen LogP contribution >= 0.6 is 0 Å². The van der Waals surface area contributed by atoms with Crippen molar-refractivity contribution < 1.29 is 14.2 Å². The van der Waals surface area contributed by atoms with Gasteiger partial charge in [-0.1, -0.05) is 12.1 Å². The fourth-order valence-corrected chi connectivity index (χ4v) is 4.77. The first kappa shape index (κ1) is 20.1. The van der Waals surface area contributed by atoms with Crippen LogP contribution in [0.3, 0.4) is 0 Å². The second kappa shape index (κ2) is 9.11. The van der Waals surface area contributed by atoms with Gasteiger partial charge in [-0.05, 0) is 49.7 Å². The van der Waals surface area contributed by atoms with Crippen molar-refractivity contribution in [2.75, 3.05) is 41.0 Å². The van der Waals surface area contributed by atoms with Gasteiger partial charge in [-0.3, -0.25) is 14.8 Å². The molecule has 2 saturated heterocycles. The Hall–Kier alpha value is -2.15. The van der Waals surface area contributed by atoms with Gasteiger partial charge in [-0.2, -0.15) is 0 Å². The molecule has 0 unspecified atom stereocenters. The lowest BCUT2D eigenvalue weighted by Crippen LogP contribution is -2.60. The number of benzene rings is 1. The lowest BCUT2D eigenvalue weighted by molar-refractivity contribution is -0.116. The lowest BCUT2D eigenvalue weighted by Gasteiger charge is -2.53. The van der Waals surface area contributed by atoms with Crippen LogP contribution in [0.15, 0.2) is 42.7 Å². The van der Waals surface area contributed by atoms with E-state index in [0.717, 1.165) is 37.7 Å². The van der Waals surface area contributed by atoms with Crippen LogP contribution in [-0.4, -0.2) is 67.9 Å². The summed E-state index contributed by atoms with van der Waals surface area (Å²) >= 11 is 0. The van der Waals surface area contributed by atoms with E-state index < -0.39 is 0 Å². The van der Waals surface area contributed by atoms with Crippen LogP contribution in [0.1, 0.15) is 30.0 Å². The third kappa shape index (κ3) is 4.10. The number of aromatic nitrogens is 1. The van der Waals surface area contributed by atoms with E-state index in [0.29, 0.717) is 12.1 Å². The smallest absolute Gasteiger partial charge is 0.165 e. The van der Waals surface area contributed by atoms with Crippen molar-refractivity contribution in [3.63, 3.8) is 0 Å². The van der Waals surface area contributed by atoms with Gasteiger partial charge in [-0.25, -0.2) is 0 Å². The van der Waals surface area contributed by atoms with Gasteiger partial charge in [0.1, 0.15) is 0 Å². The fraction of sp³-hybridized carbons (Fsp3) is 0.522. The zero-order valence-corrected chi connectivity index (χ0v) is 17.6. The molecule has 3 heterocycles. The molecule has 4 rings (SSSR count). The van der Waals surface area contributed by atoms with Gasteiger partial charge in [-0.15, -0.1) is 0 Å². The van der Waals surface area contributed by atoms with E-state index in [9.17, 15) is 0 Å². The number of methoxy groups -OCH3 is 3. The quantitative estimate of drug-likeness (QED) is 0.715. The first-order chi connectivity index (χ1) is 14.2. The number of para-hydroxylation sites is 1. The molecule has 0 aliphatic carbocycles. The van der Waals surface area contributed by atoms with E-state index in [2.05, 4.69) is 33.0 Å². The van der Waals surface area contributed by atoms with Crippen LogP contribution in [0.2, 0.25) is 0 Å². The Bertz CT molecular complexity index is 793. The molecule has 1 aromatic heterocycles. The molecule has 6 nitrogen and oxygen atoms in total. The molecule has 2 aromatic rings. The molecule has 0 radical (unpaired) electrons. The highest BCUT2D eigenvalue weighted by atomic mass is 16.5. The molecule has 6 heteroatoms. The maximum atomic E-state index is 5.72. The van der Waals surface area contributed by atoms with Crippen molar-refractivity contribution >= 4 is 0 Å². The molecule has 0 N–H and O–H groups in total. The highest BCUT2D eigenvalue weighted by molar-refractivity contribution is 5.46. The topological polar surface area (TPSA) is 47.1 Å². The van der Waals surface area contributed by atoms with Gasteiger partial charge in [0.05, 0.1) is 26.4 Å². The van der Waals surface area contributed by atoms with E-state index in [1.165, 1.54) is 24.0 Å². The molecule has 2 atom stereocenters. The molecular weight excluding hydrogens is 366 g/mol. The predicted molar refractivity (Wildman–Crippen MR) is 112 cm³/mol. The van der Waals surface area contributed by atoms with Crippen LogP contribution < -0.4 is 9.47 Å². The molecule has 0 spiro atoms. The molecule has 1 aromatic carbocycles. The second-order valence-electron chi connectivity index (χ2n) is 7.86. The minimum Gasteiger partial charge on any atom is -0.493 e. The van der Waals surface area contributed by atoms with Gasteiger partial charge in [0.2, 0.25) is 0 Å². The minimum atomic E-state index is 0.275. The standard InChI is InChI=1S/C23H31N3O3/c1-27-20-6-4-5-18(23(20)29-3)15-25-13-9-19(10-14-25)26-16-21(28-2)22(26)17-7-11-24-12-8-17/h4-8,11-12,19,21-22H,9-10,13-16H2,1-3H3/t21-,22-/m0/s1. The van der Waals surface area contributed by atoms with Crippen LogP contribution in [0.25, 0.3) is 0 Å². The molecule has 29 heavy (non-hydrogen) atoms. The first-order valence-corrected chi connectivity index (χ1v) is 10.4. The average Bonchev–Trinajstić information content (AvgIpc) is 2.75. The summed E-state index contributed by atoms with van der Waals surface area (Å²) in [5.41, 5.74) is 2.49. The van der Waals surface area contributed by atoms with E-state index in [4.69, 9.17) is 14.2 Å². The predicted octanol–water partition coefficient (Wildman–Crippen LogP) is 3.14. The number of ether oxygens (including phenoxy) is 3. The summed E-state index contributed by atoms with van der Waals surface area (Å²) in [6.07, 6.45) is 6.37. The maximum Gasteiger partial charge on any atom is 0.165 e. The number of rotatable bonds is 7. The molecule has 2 fully saturated rings. The summed E-state index contributed by atoms with van der Waals surface area (Å²) in [5.74, 6) is 1.65. The molecule has 0 bridgehead atoms. The van der Waals surface area contributed by atoms with Gasteiger partial charge in [0.25, 0.3) is 0 Å². The van der Waals surface area contributed by atoms with Crippen molar-refractivity contribution in [2.24, 2.45) is 0 Å². The van der Waals surface area contributed by atoms with Crippen LogP contribution in [0.4, 0.5) is 0 Å². The largest absolute Gasteiger partial charge is 0.493 e. The Morgan fingerprint density at radius 1 is 1.00 bits per heavy atom. The lowest BCUT2D eigenvalue weighted by atomic mass is 9.87. The molecule has 156 valence electrons. The van der Waals surface area contributed by atoms with Gasteiger partial charge < -0.3 is 14.2 Å². The van der Waals surface area contributed by atoms with Crippen molar-refractivity contribution in [3.05, 3.63) is 53.9 Å². The summed E-state index contributed by atoms with van der Waals surface area (Å²) in [6.45, 7) is 4.07. The Balaban J connectivity index is 1.38. The van der Waals surface area contributed by atoms with Gasteiger partial charge >= 0.3 is 0 Å². The van der Waals surface area contributed by atoms with Crippen LogP contribution in [0, 0.1) is 0 Å². The third-order valence-electron chi connectivity index (χ3n) is 6.36. The summed E-state index contributed by atoms with van der Waals surface area (Å²) < 4.78 is 16.8. The van der Waals surface area contributed by atoms with E-state index in [-0.39, 0.29) is 6.10 Å². The number of piperidine rings is 1. The minimum absolute atomic E-state index is 0.275. The number of hydrogen-bond acceptors (Lipinski definition) is 6. The zero-order chi connectivity index (χ0) is 20.2. The number of likely N-dealkylation sites (tertiary alicyclic amines) is 2. The Morgan fingerprint density at radius 3 is 2.41 bits per heavy atom. The van der Waals surface area contributed by atoms with Gasteiger partial charge in [0.15, 0.2) is 11.5 Å². The van der Waals surface area contributed by atoms with Crippen molar-refractivity contribution in [1.82, 2.24) is 14.8 Å². The fourth-order valence-electron chi connectivity index (χ4n) is 4.77. The molecule has 0 saturated carbocycles. The van der Waals surface area contributed by atoms with Crippen molar-refractivity contribution in [1.29, 1.82) is 0 Å². The van der Waals surface area contributed by atoms with Crippen LogP contribution in [0.5, 0.6) is 11.5 Å². The summed E-state index contributed by atoms with van der Waals surface area (Å²) in [6, 6.07) is 11.3. The highest BCUT2D eigenvalue weighted by Gasteiger charge is 2.44. The van der Waals surface area contributed by atoms with E-state index in [1.54, 1.807) is 14.2 Å². The monoisotopic (exact) mass is 397 g/mol. The summed E-state index contributed by atoms with van der Waals surface area (Å²) in [5, 5.41) is 0. The molecule has 2 aliphatic heterocycles. The third-order valence-corrected chi connectivity index (χ3v) is 6.36. The maximum absolute atomic E-state index is 5.72. The summed E-state index contributed by atoms with van der Waals surface area (Å²) in [7, 11) is 5.22. The molecular formula is C23H31N3O3. The Morgan fingerprint density at radius 2 is 1.76 bits per heavy atom. The Labute approximate surface area is 173 Å². The number of hydrogen-bond donors (Lipinski definition) is 0. The van der Waals surface area contributed by atoms with Gasteiger partial charge in [0, 0.05) is 44.2 Å². The number of pyridine rings is 1. The number of nitrogens with zero attached hydrogens (tertiary/aromatic N) is 3. The van der Waals surface area contributed by atoms with E-state index >= 15 is 0 Å². The van der Waals surface area contributed by atoms with Crippen LogP contribution in [-0.2, 0) is 11.3 Å². The zero-order valence-electron chi connectivity index (χ0n) is 17.6. The van der Waals surface area contributed by atoms with Crippen molar-refractivity contribution in [2.45, 2.75) is 37.6 Å². The van der Waals surface area contributed by atoms with E-state index in [1.807, 2.05) is 31.6 Å². The molecule has 0 amide bonds. The highest BCUT2D eigenvalue weighted by Crippen LogP contribution is 2.39. The average molecular weight is 398 g/mol.